The fourth-order valence-corrected chi connectivity index (χ4v) is 3.52. The minimum atomic E-state index is -0.804. The SMILES string of the molecule is CCCNC(Cc1cc(Br)cs1)c1ccc(F)c(F)c1. The number of benzene rings is 1. The summed E-state index contributed by atoms with van der Waals surface area (Å²) in [6, 6.07) is 6.18. The highest BCUT2D eigenvalue weighted by Gasteiger charge is 2.15. The van der Waals surface area contributed by atoms with Crippen LogP contribution in [0.25, 0.3) is 0 Å². The van der Waals surface area contributed by atoms with Crippen molar-refractivity contribution in [1.29, 1.82) is 0 Å². The lowest BCUT2D eigenvalue weighted by molar-refractivity contribution is 0.494. The molecule has 0 radical (unpaired) electrons. The molecule has 2 rings (SSSR count). The second-order valence-electron chi connectivity index (χ2n) is 4.62. The normalized spacial score (nSPS) is 12.6. The van der Waals surface area contributed by atoms with E-state index in [9.17, 15) is 8.78 Å². The molecule has 1 unspecified atom stereocenters. The van der Waals surface area contributed by atoms with Gasteiger partial charge in [0.15, 0.2) is 11.6 Å². The van der Waals surface area contributed by atoms with Crippen molar-refractivity contribution in [2.75, 3.05) is 6.54 Å². The van der Waals surface area contributed by atoms with Crippen LogP contribution in [0.3, 0.4) is 0 Å². The first-order valence-electron chi connectivity index (χ1n) is 6.51. The Morgan fingerprint density at radius 3 is 2.65 bits per heavy atom. The molecule has 0 saturated carbocycles. The third-order valence-electron chi connectivity index (χ3n) is 3.01. The number of halogens is 3. The van der Waals surface area contributed by atoms with Crippen LogP contribution in [-0.2, 0) is 6.42 Å². The molecule has 0 fully saturated rings. The van der Waals surface area contributed by atoms with Crippen molar-refractivity contribution in [3.8, 4) is 0 Å². The summed E-state index contributed by atoms with van der Waals surface area (Å²) in [4.78, 5) is 1.20. The van der Waals surface area contributed by atoms with E-state index in [1.165, 1.54) is 17.0 Å². The zero-order valence-electron chi connectivity index (χ0n) is 11.1. The molecule has 1 aromatic carbocycles. The molecule has 2 aromatic rings. The average Bonchev–Trinajstić information content (AvgIpc) is 2.83. The molecule has 0 spiro atoms. The van der Waals surface area contributed by atoms with Gasteiger partial charge in [-0.3, -0.25) is 0 Å². The van der Waals surface area contributed by atoms with Gasteiger partial charge in [-0.2, -0.15) is 0 Å². The first-order valence-corrected chi connectivity index (χ1v) is 8.18. The monoisotopic (exact) mass is 359 g/mol. The van der Waals surface area contributed by atoms with E-state index in [1.54, 1.807) is 17.4 Å². The van der Waals surface area contributed by atoms with Crippen LogP contribution in [0.5, 0.6) is 0 Å². The third-order valence-corrected chi connectivity index (χ3v) is 4.73. The van der Waals surface area contributed by atoms with E-state index in [4.69, 9.17) is 0 Å². The van der Waals surface area contributed by atoms with Gasteiger partial charge in [0.05, 0.1) is 0 Å². The van der Waals surface area contributed by atoms with Gasteiger partial charge in [0.2, 0.25) is 0 Å². The van der Waals surface area contributed by atoms with Gasteiger partial charge in [-0.05, 0) is 52.7 Å². The van der Waals surface area contributed by atoms with Gasteiger partial charge in [0.1, 0.15) is 0 Å². The van der Waals surface area contributed by atoms with Crippen LogP contribution in [0.1, 0.15) is 29.8 Å². The highest BCUT2D eigenvalue weighted by molar-refractivity contribution is 9.10. The van der Waals surface area contributed by atoms with Gasteiger partial charge in [-0.15, -0.1) is 11.3 Å². The lowest BCUT2D eigenvalue weighted by Crippen LogP contribution is -2.24. The summed E-state index contributed by atoms with van der Waals surface area (Å²) in [6.07, 6.45) is 1.76. The predicted octanol–water partition coefficient (Wildman–Crippen LogP) is 5.07. The maximum absolute atomic E-state index is 13.4. The fraction of sp³-hybridized carbons (Fsp3) is 0.333. The Morgan fingerprint density at radius 2 is 2.05 bits per heavy atom. The minimum absolute atomic E-state index is 0.00407. The zero-order valence-corrected chi connectivity index (χ0v) is 13.5. The Morgan fingerprint density at radius 1 is 1.25 bits per heavy atom. The quantitative estimate of drug-likeness (QED) is 0.758. The second kappa shape index (κ2) is 7.29. The molecular formula is C15H16BrF2NS. The summed E-state index contributed by atoms with van der Waals surface area (Å²) in [6.45, 7) is 2.92. The first kappa shape index (κ1) is 15.6. The molecule has 0 aliphatic carbocycles. The summed E-state index contributed by atoms with van der Waals surface area (Å²) in [7, 11) is 0. The summed E-state index contributed by atoms with van der Waals surface area (Å²) in [5.74, 6) is -1.60. The van der Waals surface area contributed by atoms with Crippen LogP contribution in [0.15, 0.2) is 34.1 Å². The maximum atomic E-state index is 13.4. The largest absolute Gasteiger partial charge is 0.310 e. The zero-order chi connectivity index (χ0) is 14.5. The number of rotatable bonds is 6. The standard InChI is InChI=1S/C15H16BrF2NS/c1-2-5-19-15(8-12-7-11(16)9-20-12)10-3-4-13(17)14(18)6-10/h3-4,6-7,9,15,19H,2,5,8H2,1H3. The lowest BCUT2D eigenvalue weighted by atomic mass is 10.0. The van der Waals surface area contributed by atoms with Crippen LogP contribution in [-0.4, -0.2) is 6.54 Å². The Labute approximate surface area is 130 Å². The molecule has 1 aromatic heterocycles. The smallest absolute Gasteiger partial charge is 0.159 e. The van der Waals surface area contributed by atoms with E-state index in [0.717, 1.165) is 29.4 Å². The van der Waals surface area contributed by atoms with Crippen molar-refractivity contribution in [1.82, 2.24) is 5.32 Å². The van der Waals surface area contributed by atoms with E-state index in [0.29, 0.717) is 0 Å². The molecule has 20 heavy (non-hydrogen) atoms. The minimum Gasteiger partial charge on any atom is -0.310 e. The number of hydrogen-bond donors (Lipinski definition) is 1. The van der Waals surface area contributed by atoms with E-state index in [2.05, 4.69) is 34.2 Å². The lowest BCUT2D eigenvalue weighted by Gasteiger charge is -2.18. The Hall–Kier alpha value is -0.780. The van der Waals surface area contributed by atoms with Crippen molar-refractivity contribution < 1.29 is 8.78 Å². The molecule has 0 aliphatic rings. The Balaban J connectivity index is 2.19. The van der Waals surface area contributed by atoms with E-state index in [1.807, 2.05) is 5.38 Å². The summed E-state index contributed by atoms with van der Waals surface area (Å²) >= 11 is 5.09. The van der Waals surface area contributed by atoms with Crippen LogP contribution in [0, 0.1) is 11.6 Å². The Bertz CT molecular complexity index is 571. The van der Waals surface area contributed by atoms with E-state index < -0.39 is 11.6 Å². The summed E-state index contributed by atoms with van der Waals surface area (Å²) in [5.41, 5.74) is 0.780. The molecular weight excluding hydrogens is 344 g/mol. The van der Waals surface area contributed by atoms with E-state index in [-0.39, 0.29) is 6.04 Å². The van der Waals surface area contributed by atoms with Crippen LogP contribution >= 0.6 is 27.3 Å². The van der Waals surface area contributed by atoms with E-state index >= 15 is 0 Å². The predicted molar refractivity (Wildman–Crippen MR) is 83.1 cm³/mol. The number of thiophene rings is 1. The van der Waals surface area contributed by atoms with Gasteiger partial charge >= 0.3 is 0 Å². The molecule has 0 saturated heterocycles. The summed E-state index contributed by atoms with van der Waals surface area (Å²) < 4.78 is 27.5. The Kier molecular flexibility index (Phi) is 5.69. The van der Waals surface area contributed by atoms with Crippen molar-refractivity contribution in [2.45, 2.75) is 25.8 Å². The number of nitrogens with one attached hydrogen (secondary N) is 1. The molecule has 0 bridgehead atoms. The maximum Gasteiger partial charge on any atom is 0.159 e. The van der Waals surface area contributed by atoms with Gasteiger partial charge < -0.3 is 5.32 Å². The van der Waals surface area contributed by atoms with Crippen molar-refractivity contribution >= 4 is 27.3 Å². The molecule has 0 aliphatic heterocycles. The van der Waals surface area contributed by atoms with Crippen molar-refractivity contribution in [2.24, 2.45) is 0 Å². The number of hydrogen-bond acceptors (Lipinski definition) is 2. The molecule has 1 atom stereocenters. The molecule has 5 heteroatoms. The third kappa shape index (κ3) is 4.11. The van der Waals surface area contributed by atoms with Crippen molar-refractivity contribution in [3.05, 3.63) is 56.2 Å². The van der Waals surface area contributed by atoms with Crippen LogP contribution < -0.4 is 5.32 Å². The van der Waals surface area contributed by atoms with Gasteiger partial charge in [0.25, 0.3) is 0 Å². The van der Waals surface area contributed by atoms with Gasteiger partial charge in [0, 0.05) is 27.2 Å². The molecule has 108 valence electrons. The average molecular weight is 360 g/mol. The molecule has 1 heterocycles. The van der Waals surface area contributed by atoms with Gasteiger partial charge in [-0.1, -0.05) is 13.0 Å². The van der Waals surface area contributed by atoms with Crippen LogP contribution in [0.4, 0.5) is 8.78 Å². The second-order valence-corrected chi connectivity index (χ2v) is 6.53. The fourth-order valence-electron chi connectivity index (χ4n) is 2.02. The molecule has 0 amide bonds. The first-order chi connectivity index (χ1) is 9.60. The topological polar surface area (TPSA) is 12.0 Å². The van der Waals surface area contributed by atoms with Gasteiger partial charge in [-0.25, -0.2) is 8.78 Å². The van der Waals surface area contributed by atoms with Crippen LogP contribution in [0.2, 0.25) is 0 Å². The highest BCUT2D eigenvalue weighted by Crippen LogP contribution is 2.26. The summed E-state index contributed by atoms with van der Waals surface area (Å²) in [5, 5.41) is 5.42. The van der Waals surface area contributed by atoms with Crippen molar-refractivity contribution in [3.63, 3.8) is 0 Å². The highest BCUT2D eigenvalue weighted by atomic mass is 79.9. The molecule has 1 nitrogen and oxygen atoms in total. The molecule has 1 N–H and O–H groups in total.